The van der Waals surface area contributed by atoms with Crippen LogP contribution in [0.1, 0.15) is 37.4 Å². The van der Waals surface area contributed by atoms with Crippen molar-refractivity contribution in [2.24, 2.45) is 0 Å². The van der Waals surface area contributed by atoms with Gasteiger partial charge >= 0.3 is 0 Å². The van der Waals surface area contributed by atoms with Gasteiger partial charge in [-0.1, -0.05) is 26.0 Å². The number of hydrogen-bond donors (Lipinski definition) is 1. The third-order valence-electron chi connectivity index (χ3n) is 6.40. The van der Waals surface area contributed by atoms with Gasteiger partial charge in [0, 0.05) is 31.9 Å². The number of ketones is 1. The van der Waals surface area contributed by atoms with E-state index in [9.17, 15) is 14.7 Å². The Morgan fingerprint density at radius 1 is 1.00 bits per heavy atom. The minimum absolute atomic E-state index is 0.121. The molecule has 1 fully saturated rings. The van der Waals surface area contributed by atoms with E-state index in [0.29, 0.717) is 17.9 Å². The summed E-state index contributed by atoms with van der Waals surface area (Å²) >= 11 is 0. The van der Waals surface area contributed by atoms with E-state index in [0.717, 1.165) is 37.3 Å². The van der Waals surface area contributed by atoms with Gasteiger partial charge in [0.2, 0.25) is 0 Å². The van der Waals surface area contributed by atoms with E-state index < -0.39 is 17.7 Å². The van der Waals surface area contributed by atoms with E-state index in [1.165, 1.54) is 0 Å². The quantitative estimate of drug-likeness (QED) is 0.326. The van der Waals surface area contributed by atoms with Gasteiger partial charge in [-0.15, -0.1) is 0 Å². The maximum Gasteiger partial charge on any atom is 0.295 e. The fourth-order valence-corrected chi connectivity index (χ4v) is 4.32. The zero-order chi connectivity index (χ0) is 24.8. The zero-order valence-electron chi connectivity index (χ0n) is 20.7. The standard InChI is InChI=1S/C27H35N3O4/c1-6-29(7-2)17-8-18-30-24(19-9-13-21(14-10-19)28(3)4)23(26(32)27(30)33)25(31)20-11-15-22(34-5)16-12-20/h9-16,24,31H,6-8,17-18H2,1-5H3/b25-23+. The smallest absolute Gasteiger partial charge is 0.295 e. The van der Waals surface area contributed by atoms with E-state index in [2.05, 4.69) is 18.7 Å². The van der Waals surface area contributed by atoms with E-state index in [1.54, 1.807) is 36.3 Å². The molecule has 1 amide bonds. The van der Waals surface area contributed by atoms with Crippen LogP contribution in [0.4, 0.5) is 5.69 Å². The Labute approximate surface area is 202 Å². The molecule has 0 radical (unpaired) electrons. The average molecular weight is 466 g/mol. The first-order valence-electron chi connectivity index (χ1n) is 11.7. The lowest BCUT2D eigenvalue weighted by Crippen LogP contribution is -2.33. The fraction of sp³-hybridized carbons (Fsp3) is 0.407. The van der Waals surface area contributed by atoms with Gasteiger partial charge in [-0.2, -0.15) is 0 Å². The number of likely N-dealkylation sites (tertiary alicyclic amines) is 1. The zero-order valence-corrected chi connectivity index (χ0v) is 20.7. The number of nitrogens with zero attached hydrogens (tertiary/aromatic N) is 3. The van der Waals surface area contributed by atoms with Crippen molar-refractivity contribution in [3.8, 4) is 5.75 Å². The van der Waals surface area contributed by atoms with Crippen molar-refractivity contribution >= 4 is 23.1 Å². The Morgan fingerprint density at radius 2 is 1.62 bits per heavy atom. The number of Topliss-reactive ketones (excluding diaryl/α,β-unsaturated/α-hetero) is 1. The number of benzene rings is 2. The molecule has 1 unspecified atom stereocenters. The van der Waals surface area contributed by atoms with Gasteiger partial charge in [-0.3, -0.25) is 9.59 Å². The predicted octanol–water partition coefficient (Wildman–Crippen LogP) is 3.91. The van der Waals surface area contributed by atoms with Crippen molar-refractivity contribution in [3.63, 3.8) is 0 Å². The van der Waals surface area contributed by atoms with Gasteiger partial charge in [0.15, 0.2) is 0 Å². The minimum atomic E-state index is -0.655. The number of carbonyl (C=O) groups is 2. The lowest BCUT2D eigenvalue weighted by atomic mass is 9.95. The highest BCUT2D eigenvalue weighted by molar-refractivity contribution is 6.46. The molecule has 1 atom stereocenters. The number of ether oxygens (including phenoxy) is 1. The second-order valence-corrected chi connectivity index (χ2v) is 8.59. The Kier molecular flexibility index (Phi) is 8.34. The fourth-order valence-electron chi connectivity index (χ4n) is 4.32. The first-order valence-corrected chi connectivity index (χ1v) is 11.7. The highest BCUT2D eigenvalue weighted by atomic mass is 16.5. The molecule has 0 aliphatic carbocycles. The minimum Gasteiger partial charge on any atom is -0.507 e. The first-order chi connectivity index (χ1) is 16.3. The van der Waals surface area contributed by atoms with Crippen molar-refractivity contribution in [1.82, 2.24) is 9.80 Å². The summed E-state index contributed by atoms with van der Waals surface area (Å²) in [6.07, 6.45) is 0.740. The van der Waals surface area contributed by atoms with Gasteiger partial charge in [-0.05, 0) is 68.0 Å². The maximum absolute atomic E-state index is 13.2. The topological polar surface area (TPSA) is 73.3 Å². The third-order valence-corrected chi connectivity index (χ3v) is 6.40. The number of carbonyl (C=O) groups excluding carboxylic acids is 2. The molecule has 1 saturated heterocycles. The lowest BCUT2D eigenvalue weighted by Gasteiger charge is -2.27. The summed E-state index contributed by atoms with van der Waals surface area (Å²) in [5.74, 6) is -0.757. The summed E-state index contributed by atoms with van der Waals surface area (Å²) in [4.78, 5) is 32.2. The summed E-state index contributed by atoms with van der Waals surface area (Å²) in [5.41, 5.74) is 2.40. The molecule has 2 aromatic carbocycles. The highest BCUT2D eigenvalue weighted by Crippen LogP contribution is 2.40. The second-order valence-electron chi connectivity index (χ2n) is 8.59. The number of amides is 1. The van der Waals surface area contributed by atoms with Crippen molar-refractivity contribution in [2.75, 3.05) is 52.3 Å². The molecular formula is C27H35N3O4. The Hall–Kier alpha value is -3.32. The number of rotatable bonds is 10. The maximum atomic E-state index is 13.2. The molecule has 1 aliphatic heterocycles. The van der Waals surface area contributed by atoms with E-state index in [-0.39, 0.29) is 11.3 Å². The van der Waals surface area contributed by atoms with E-state index in [4.69, 9.17) is 4.74 Å². The van der Waals surface area contributed by atoms with Gasteiger partial charge in [-0.25, -0.2) is 0 Å². The van der Waals surface area contributed by atoms with Crippen molar-refractivity contribution < 1.29 is 19.4 Å². The normalized spacial score (nSPS) is 17.5. The Morgan fingerprint density at radius 3 is 2.15 bits per heavy atom. The summed E-state index contributed by atoms with van der Waals surface area (Å²) in [6.45, 7) is 7.35. The molecule has 1 heterocycles. The SMILES string of the molecule is CCN(CC)CCCN1C(=O)C(=O)/C(=C(/O)c2ccc(OC)cc2)C1c1ccc(N(C)C)cc1. The number of aliphatic hydroxyl groups excluding tert-OH is 1. The van der Waals surface area contributed by atoms with Gasteiger partial charge in [0.25, 0.3) is 11.7 Å². The van der Waals surface area contributed by atoms with E-state index in [1.807, 2.05) is 43.3 Å². The van der Waals surface area contributed by atoms with Crippen molar-refractivity contribution in [1.29, 1.82) is 0 Å². The van der Waals surface area contributed by atoms with Gasteiger partial charge < -0.3 is 24.5 Å². The van der Waals surface area contributed by atoms with E-state index >= 15 is 0 Å². The highest BCUT2D eigenvalue weighted by Gasteiger charge is 2.45. The lowest BCUT2D eigenvalue weighted by molar-refractivity contribution is -0.140. The molecule has 0 saturated carbocycles. The number of methoxy groups -OCH3 is 1. The Bertz CT molecular complexity index is 1020. The molecule has 182 valence electrons. The average Bonchev–Trinajstić information content (AvgIpc) is 3.11. The van der Waals surface area contributed by atoms with Gasteiger partial charge in [0.1, 0.15) is 11.5 Å². The molecule has 2 aromatic rings. The molecule has 7 heteroatoms. The summed E-state index contributed by atoms with van der Waals surface area (Å²) in [5, 5.41) is 11.2. The van der Waals surface area contributed by atoms with Crippen LogP contribution in [0.25, 0.3) is 5.76 Å². The van der Waals surface area contributed by atoms with Crippen LogP contribution in [0.5, 0.6) is 5.75 Å². The number of anilines is 1. The number of hydrogen-bond acceptors (Lipinski definition) is 6. The van der Waals surface area contributed by atoms with Crippen LogP contribution in [0, 0.1) is 0 Å². The molecule has 1 N–H and O–H groups in total. The summed E-state index contributed by atoms with van der Waals surface area (Å²) in [6, 6.07) is 13.9. The Balaban J connectivity index is 2.03. The molecule has 0 bridgehead atoms. The molecule has 34 heavy (non-hydrogen) atoms. The van der Waals surface area contributed by atoms with Crippen LogP contribution in [0.3, 0.4) is 0 Å². The molecule has 0 spiro atoms. The molecule has 7 nitrogen and oxygen atoms in total. The molecule has 1 aliphatic rings. The third kappa shape index (κ3) is 5.25. The largest absolute Gasteiger partial charge is 0.507 e. The van der Waals surface area contributed by atoms with Gasteiger partial charge in [0.05, 0.1) is 18.7 Å². The van der Waals surface area contributed by atoms with Crippen molar-refractivity contribution in [3.05, 3.63) is 65.2 Å². The molecule has 3 rings (SSSR count). The van der Waals surface area contributed by atoms with Crippen molar-refractivity contribution in [2.45, 2.75) is 26.3 Å². The molecule has 0 aromatic heterocycles. The molecular weight excluding hydrogens is 430 g/mol. The first kappa shape index (κ1) is 25.3. The summed E-state index contributed by atoms with van der Waals surface area (Å²) < 4.78 is 5.20. The monoisotopic (exact) mass is 465 g/mol. The van der Waals surface area contributed by atoms with Crippen LogP contribution >= 0.6 is 0 Å². The van der Waals surface area contributed by atoms with Crippen LogP contribution in [0.15, 0.2) is 54.1 Å². The van der Waals surface area contributed by atoms with Crippen LogP contribution in [-0.2, 0) is 9.59 Å². The van der Waals surface area contributed by atoms with Crippen LogP contribution < -0.4 is 9.64 Å². The summed E-state index contributed by atoms with van der Waals surface area (Å²) in [7, 11) is 5.48. The van der Waals surface area contributed by atoms with Crippen LogP contribution in [-0.4, -0.2) is 74.0 Å². The second kappa shape index (κ2) is 11.2. The predicted molar refractivity (Wildman–Crippen MR) is 135 cm³/mol. The number of aliphatic hydroxyl groups is 1. The van der Waals surface area contributed by atoms with Crippen LogP contribution in [0.2, 0.25) is 0 Å².